The highest BCUT2D eigenvalue weighted by Crippen LogP contribution is 2.20. The van der Waals surface area contributed by atoms with Crippen LogP contribution in [-0.4, -0.2) is 55.8 Å². The Morgan fingerprint density at radius 3 is 2.61 bits per heavy atom. The van der Waals surface area contributed by atoms with Crippen molar-refractivity contribution in [2.45, 2.75) is 38.6 Å². The molecule has 3 rings (SSSR count). The van der Waals surface area contributed by atoms with Crippen molar-refractivity contribution in [3.05, 3.63) is 35.9 Å². The molecule has 0 saturated carbocycles. The molecule has 1 fully saturated rings. The number of urea groups is 1. The molecule has 2 aliphatic rings. The molecule has 0 spiro atoms. The van der Waals surface area contributed by atoms with E-state index in [4.69, 9.17) is 9.47 Å². The van der Waals surface area contributed by atoms with Crippen LogP contribution in [0.4, 0.5) is 10.5 Å². The fourth-order valence-corrected chi connectivity index (χ4v) is 3.40. The van der Waals surface area contributed by atoms with Crippen LogP contribution in [0.5, 0.6) is 5.75 Å². The fraction of sp³-hybridized carbons (Fsp3) is 0.524. The van der Waals surface area contributed by atoms with E-state index < -0.39 is 0 Å². The Hall–Kier alpha value is -2.54. The Balaban J connectivity index is 1.42. The van der Waals surface area contributed by atoms with Gasteiger partial charge in [-0.2, -0.15) is 0 Å². The molecule has 0 bridgehead atoms. The molecule has 152 valence electrons. The molecule has 7 nitrogen and oxygen atoms in total. The highest BCUT2D eigenvalue weighted by Gasteiger charge is 2.17. The minimum atomic E-state index is -0.227. The van der Waals surface area contributed by atoms with E-state index in [2.05, 4.69) is 16.7 Å². The molecule has 2 N–H and O–H groups in total. The summed E-state index contributed by atoms with van der Waals surface area (Å²) in [6.07, 6.45) is 6.80. The Bertz CT molecular complexity index is 696. The van der Waals surface area contributed by atoms with Gasteiger partial charge in [-0.25, -0.2) is 4.79 Å². The molecule has 1 aliphatic heterocycles. The van der Waals surface area contributed by atoms with E-state index in [9.17, 15) is 9.59 Å². The van der Waals surface area contributed by atoms with Gasteiger partial charge in [-0.1, -0.05) is 11.6 Å². The molecule has 1 aliphatic carbocycles. The number of nitrogens with zero attached hydrogens (tertiary/aromatic N) is 1. The second-order valence-corrected chi connectivity index (χ2v) is 7.15. The standard InChI is InChI=1S/C21H29N3O4/c1-16(17-5-3-2-4-6-17)22-21(26)23-18-7-9-19(10-8-18)28-15-20(25)24-11-13-27-14-12-24/h5,7-10,16H,2-4,6,11-15H2,1H3,(H2,22,23,26). The van der Waals surface area contributed by atoms with Gasteiger partial charge in [-0.05, 0) is 56.9 Å². The summed E-state index contributed by atoms with van der Waals surface area (Å²) in [6, 6.07) is 6.83. The molecular weight excluding hydrogens is 358 g/mol. The second-order valence-electron chi connectivity index (χ2n) is 7.15. The van der Waals surface area contributed by atoms with Crippen molar-refractivity contribution in [1.29, 1.82) is 0 Å². The maximum absolute atomic E-state index is 12.2. The van der Waals surface area contributed by atoms with E-state index in [-0.39, 0.29) is 24.6 Å². The zero-order valence-electron chi connectivity index (χ0n) is 16.4. The number of ether oxygens (including phenoxy) is 2. The summed E-state index contributed by atoms with van der Waals surface area (Å²) in [5.74, 6) is 0.546. The van der Waals surface area contributed by atoms with Gasteiger partial charge < -0.3 is 25.0 Å². The van der Waals surface area contributed by atoms with Crippen molar-refractivity contribution < 1.29 is 19.1 Å². The molecule has 0 radical (unpaired) electrons. The summed E-state index contributed by atoms with van der Waals surface area (Å²) in [7, 11) is 0. The third-order valence-electron chi connectivity index (χ3n) is 5.07. The number of carbonyl (C=O) groups is 2. The third-order valence-corrected chi connectivity index (χ3v) is 5.07. The third kappa shape index (κ3) is 5.99. The topological polar surface area (TPSA) is 79.9 Å². The molecule has 3 amide bonds. The highest BCUT2D eigenvalue weighted by atomic mass is 16.5. The zero-order chi connectivity index (χ0) is 19.8. The van der Waals surface area contributed by atoms with Crippen molar-refractivity contribution >= 4 is 17.6 Å². The van der Waals surface area contributed by atoms with Gasteiger partial charge in [0.1, 0.15) is 5.75 Å². The van der Waals surface area contributed by atoms with Crippen molar-refractivity contribution in [3.63, 3.8) is 0 Å². The van der Waals surface area contributed by atoms with E-state index in [0.717, 1.165) is 12.8 Å². The van der Waals surface area contributed by atoms with Crippen LogP contribution in [0.2, 0.25) is 0 Å². The average molecular weight is 387 g/mol. The number of allylic oxidation sites excluding steroid dienone is 1. The van der Waals surface area contributed by atoms with Crippen LogP contribution in [0.25, 0.3) is 0 Å². The molecule has 1 aromatic carbocycles. The normalized spacial score (nSPS) is 18.0. The van der Waals surface area contributed by atoms with Crippen LogP contribution in [-0.2, 0) is 9.53 Å². The minimum Gasteiger partial charge on any atom is -0.484 e. The van der Waals surface area contributed by atoms with Crippen LogP contribution >= 0.6 is 0 Å². The number of benzene rings is 1. The fourth-order valence-electron chi connectivity index (χ4n) is 3.40. The smallest absolute Gasteiger partial charge is 0.319 e. The Labute approximate surface area is 166 Å². The molecule has 28 heavy (non-hydrogen) atoms. The first-order valence-electron chi connectivity index (χ1n) is 9.96. The van der Waals surface area contributed by atoms with Gasteiger partial charge in [-0.3, -0.25) is 4.79 Å². The SMILES string of the molecule is CC(NC(=O)Nc1ccc(OCC(=O)N2CCOCC2)cc1)C1=CCCCC1. The monoisotopic (exact) mass is 387 g/mol. The van der Waals surface area contributed by atoms with E-state index in [1.807, 2.05) is 6.92 Å². The van der Waals surface area contributed by atoms with Crippen LogP contribution in [0.3, 0.4) is 0 Å². The lowest BCUT2D eigenvalue weighted by Gasteiger charge is -2.26. The largest absolute Gasteiger partial charge is 0.484 e. The minimum absolute atomic E-state index is 0.000111. The number of nitrogens with one attached hydrogen (secondary N) is 2. The van der Waals surface area contributed by atoms with Crippen LogP contribution in [0.1, 0.15) is 32.6 Å². The quantitative estimate of drug-likeness (QED) is 0.736. The lowest BCUT2D eigenvalue weighted by Crippen LogP contribution is -2.42. The van der Waals surface area contributed by atoms with Crippen molar-refractivity contribution in [1.82, 2.24) is 10.2 Å². The van der Waals surface area contributed by atoms with Gasteiger partial charge in [0.2, 0.25) is 0 Å². The maximum Gasteiger partial charge on any atom is 0.319 e. The van der Waals surface area contributed by atoms with Crippen molar-refractivity contribution in [2.24, 2.45) is 0 Å². The first-order valence-corrected chi connectivity index (χ1v) is 9.96. The predicted octanol–water partition coefficient (Wildman–Crippen LogP) is 2.93. The molecule has 0 aromatic heterocycles. The summed E-state index contributed by atoms with van der Waals surface area (Å²) in [5.41, 5.74) is 1.98. The van der Waals surface area contributed by atoms with Gasteiger partial charge in [0, 0.05) is 24.8 Å². The van der Waals surface area contributed by atoms with E-state index in [0.29, 0.717) is 37.7 Å². The van der Waals surface area contributed by atoms with Gasteiger partial charge >= 0.3 is 6.03 Å². The van der Waals surface area contributed by atoms with Gasteiger partial charge in [0.05, 0.1) is 13.2 Å². The number of rotatable bonds is 6. The number of morpholine rings is 1. The second kappa shape index (κ2) is 10.1. The van der Waals surface area contributed by atoms with E-state index >= 15 is 0 Å². The molecule has 1 heterocycles. The summed E-state index contributed by atoms with van der Waals surface area (Å²) in [6.45, 7) is 4.37. The highest BCUT2D eigenvalue weighted by molar-refractivity contribution is 5.89. The summed E-state index contributed by atoms with van der Waals surface area (Å²) < 4.78 is 10.8. The molecular formula is C21H29N3O4. The molecule has 1 saturated heterocycles. The molecule has 1 unspecified atom stereocenters. The number of carbonyl (C=O) groups excluding carboxylic acids is 2. The lowest BCUT2D eigenvalue weighted by molar-refractivity contribution is -0.137. The van der Waals surface area contributed by atoms with Crippen LogP contribution in [0.15, 0.2) is 35.9 Å². The summed E-state index contributed by atoms with van der Waals surface area (Å²) in [5, 5.41) is 5.81. The van der Waals surface area contributed by atoms with Gasteiger partial charge in [0.25, 0.3) is 5.91 Å². The van der Waals surface area contributed by atoms with Crippen molar-refractivity contribution in [3.8, 4) is 5.75 Å². The lowest BCUT2D eigenvalue weighted by atomic mass is 9.95. The zero-order valence-corrected chi connectivity index (χ0v) is 16.4. The number of hydrogen-bond donors (Lipinski definition) is 2. The number of anilines is 1. The number of hydrogen-bond acceptors (Lipinski definition) is 4. The van der Waals surface area contributed by atoms with Crippen LogP contribution in [0, 0.1) is 0 Å². The van der Waals surface area contributed by atoms with E-state index in [1.165, 1.54) is 18.4 Å². The van der Waals surface area contributed by atoms with Crippen molar-refractivity contribution in [2.75, 3.05) is 38.2 Å². The maximum atomic E-state index is 12.2. The van der Waals surface area contributed by atoms with Crippen LogP contribution < -0.4 is 15.4 Å². The van der Waals surface area contributed by atoms with E-state index in [1.54, 1.807) is 29.2 Å². The first kappa shape index (κ1) is 20.2. The van der Waals surface area contributed by atoms with Gasteiger partial charge in [-0.15, -0.1) is 0 Å². The predicted molar refractivity (Wildman–Crippen MR) is 108 cm³/mol. The Morgan fingerprint density at radius 1 is 1.18 bits per heavy atom. The van der Waals surface area contributed by atoms with Gasteiger partial charge in [0.15, 0.2) is 6.61 Å². The number of amides is 3. The first-order chi connectivity index (χ1) is 13.6. The summed E-state index contributed by atoms with van der Waals surface area (Å²) in [4.78, 5) is 26.0. The Morgan fingerprint density at radius 2 is 1.93 bits per heavy atom. The molecule has 1 atom stereocenters. The Kier molecular flexibility index (Phi) is 7.31. The summed E-state index contributed by atoms with van der Waals surface area (Å²) >= 11 is 0. The average Bonchev–Trinajstić information content (AvgIpc) is 2.74. The molecule has 7 heteroatoms. The molecule has 1 aromatic rings.